The van der Waals surface area contributed by atoms with Crippen LogP contribution in [0.1, 0.15) is 53.7 Å². The van der Waals surface area contributed by atoms with Gasteiger partial charge in [-0.25, -0.2) is 4.98 Å². The Morgan fingerprint density at radius 1 is 1.04 bits per heavy atom. The summed E-state index contributed by atoms with van der Waals surface area (Å²) < 4.78 is 0. The van der Waals surface area contributed by atoms with E-state index in [0.717, 1.165) is 46.3 Å². The molecule has 0 aliphatic heterocycles. The Labute approximate surface area is 164 Å². The van der Waals surface area contributed by atoms with Gasteiger partial charge in [-0.05, 0) is 54.7 Å². The number of nitrogens with one attached hydrogen (secondary N) is 1. The number of hydrogen-bond donors (Lipinski definition) is 1. The molecule has 0 atom stereocenters. The topological polar surface area (TPSA) is 42.0 Å². The molecule has 0 spiro atoms. The first kappa shape index (κ1) is 18.0. The Kier molecular flexibility index (Phi) is 5.40. The third-order valence-electron chi connectivity index (χ3n) is 5.28. The van der Waals surface area contributed by atoms with Gasteiger partial charge in [0.2, 0.25) is 0 Å². The van der Waals surface area contributed by atoms with Gasteiger partial charge in [0.15, 0.2) is 0 Å². The van der Waals surface area contributed by atoms with Crippen LogP contribution in [0.5, 0.6) is 0 Å². The Hall–Kier alpha value is -2.39. The Morgan fingerprint density at radius 3 is 2.56 bits per heavy atom. The van der Waals surface area contributed by atoms with Gasteiger partial charge in [0.25, 0.3) is 5.91 Å². The highest BCUT2D eigenvalue weighted by Crippen LogP contribution is 2.23. The molecule has 0 saturated heterocycles. The maximum atomic E-state index is 12.8. The minimum absolute atomic E-state index is 0.0648. The van der Waals surface area contributed by atoms with Gasteiger partial charge in [0.05, 0.1) is 5.52 Å². The Bertz CT molecular complexity index is 946. The maximum Gasteiger partial charge on any atom is 0.270 e. The van der Waals surface area contributed by atoms with Crippen LogP contribution in [0.2, 0.25) is 5.02 Å². The number of rotatable bonds is 4. The molecule has 1 aromatic heterocycles. The second kappa shape index (κ2) is 8.10. The lowest BCUT2D eigenvalue weighted by atomic mass is 9.95. The molecule has 3 aromatic rings. The van der Waals surface area contributed by atoms with Gasteiger partial charge in [-0.15, -0.1) is 0 Å². The van der Waals surface area contributed by atoms with Crippen LogP contribution in [0.4, 0.5) is 0 Å². The first-order chi connectivity index (χ1) is 13.2. The third kappa shape index (κ3) is 4.30. The van der Waals surface area contributed by atoms with E-state index < -0.39 is 0 Å². The van der Waals surface area contributed by atoms with Crippen LogP contribution in [-0.4, -0.2) is 16.9 Å². The average Bonchev–Trinajstić information content (AvgIpc) is 2.70. The summed E-state index contributed by atoms with van der Waals surface area (Å²) in [6.07, 6.45) is 6.53. The minimum Gasteiger partial charge on any atom is -0.348 e. The van der Waals surface area contributed by atoms with Crippen LogP contribution in [-0.2, 0) is 6.42 Å². The fourth-order valence-electron chi connectivity index (χ4n) is 3.84. The monoisotopic (exact) mass is 378 g/mol. The summed E-state index contributed by atoms with van der Waals surface area (Å²) in [7, 11) is 0. The van der Waals surface area contributed by atoms with Crippen molar-refractivity contribution in [1.82, 2.24) is 10.3 Å². The van der Waals surface area contributed by atoms with E-state index >= 15 is 0 Å². The van der Waals surface area contributed by atoms with Crippen molar-refractivity contribution in [2.45, 2.75) is 44.6 Å². The van der Waals surface area contributed by atoms with E-state index in [1.54, 1.807) is 0 Å². The number of para-hydroxylation sites is 1. The summed E-state index contributed by atoms with van der Waals surface area (Å²) in [5.41, 5.74) is 3.63. The summed E-state index contributed by atoms with van der Waals surface area (Å²) >= 11 is 6.01. The summed E-state index contributed by atoms with van der Waals surface area (Å²) in [4.78, 5) is 17.4. The standard InChI is InChI=1S/C23H23ClN2O/c24-18-12-10-16(11-13-18)14-17-15-22(26-21-9-5-4-8-20(17)21)23(27)25-19-6-2-1-3-7-19/h4-5,8-13,15,19H,1-3,6-7,14H2,(H,25,27). The molecule has 1 saturated carbocycles. The van der Waals surface area contributed by atoms with Crippen LogP contribution in [0, 0.1) is 0 Å². The number of fused-ring (bicyclic) bond motifs is 1. The number of aromatic nitrogens is 1. The molecule has 1 aliphatic rings. The second-order valence-electron chi connectivity index (χ2n) is 7.30. The molecule has 0 radical (unpaired) electrons. The second-order valence-corrected chi connectivity index (χ2v) is 7.73. The van der Waals surface area contributed by atoms with E-state index in [4.69, 9.17) is 11.6 Å². The summed E-state index contributed by atoms with van der Waals surface area (Å²) in [5, 5.41) is 4.99. The number of benzene rings is 2. The number of pyridine rings is 1. The molecule has 4 rings (SSSR count). The van der Waals surface area contributed by atoms with Gasteiger partial charge in [-0.3, -0.25) is 4.79 Å². The van der Waals surface area contributed by atoms with Crippen molar-refractivity contribution in [2.24, 2.45) is 0 Å². The lowest BCUT2D eigenvalue weighted by Crippen LogP contribution is -2.36. The van der Waals surface area contributed by atoms with Crippen LogP contribution >= 0.6 is 11.6 Å². The first-order valence-electron chi connectivity index (χ1n) is 9.63. The van der Waals surface area contributed by atoms with E-state index in [9.17, 15) is 4.79 Å². The highest BCUT2D eigenvalue weighted by atomic mass is 35.5. The smallest absolute Gasteiger partial charge is 0.270 e. The van der Waals surface area contributed by atoms with Gasteiger partial charge < -0.3 is 5.32 Å². The highest BCUT2D eigenvalue weighted by molar-refractivity contribution is 6.30. The molecular formula is C23H23ClN2O. The van der Waals surface area contributed by atoms with Crippen molar-refractivity contribution >= 4 is 28.4 Å². The van der Waals surface area contributed by atoms with Crippen molar-refractivity contribution in [2.75, 3.05) is 0 Å². The van der Waals surface area contributed by atoms with Gasteiger partial charge in [-0.1, -0.05) is 61.2 Å². The van der Waals surface area contributed by atoms with Gasteiger partial charge >= 0.3 is 0 Å². The fourth-order valence-corrected chi connectivity index (χ4v) is 3.96. The SMILES string of the molecule is O=C(NC1CCCCC1)c1cc(Cc2ccc(Cl)cc2)c2ccccc2n1. The van der Waals surface area contributed by atoms with E-state index in [1.807, 2.05) is 48.5 Å². The van der Waals surface area contributed by atoms with E-state index in [-0.39, 0.29) is 11.9 Å². The van der Waals surface area contributed by atoms with E-state index in [0.29, 0.717) is 5.69 Å². The molecule has 1 heterocycles. The Balaban J connectivity index is 1.65. The number of carbonyl (C=O) groups is 1. The quantitative estimate of drug-likeness (QED) is 0.647. The maximum absolute atomic E-state index is 12.8. The molecule has 2 aromatic carbocycles. The number of carbonyl (C=O) groups excluding carboxylic acids is 1. The number of halogens is 1. The van der Waals surface area contributed by atoms with Crippen LogP contribution in [0.3, 0.4) is 0 Å². The normalized spacial score (nSPS) is 15.0. The van der Waals surface area contributed by atoms with Crippen molar-refractivity contribution in [3.63, 3.8) is 0 Å². The molecular weight excluding hydrogens is 356 g/mol. The zero-order valence-electron chi connectivity index (χ0n) is 15.2. The predicted molar refractivity (Wildman–Crippen MR) is 110 cm³/mol. The molecule has 1 amide bonds. The highest BCUT2D eigenvalue weighted by Gasteiger charge is 2.18. The molecule has 1 fully saturated rings. The number of amides is 1. The molecule has 1 N–H and O–H groups in total. The van der Waals surface area contributed by atoms with E-state index in [2.05, 4.69) is 16.4 Å². The van der Waals surface area contributed by atoms with Gasteiger partial charge in [0, 0.05) is 16.5 Å². The van der Waals surface area contributed by atoms with Crippen molar-refractivity contribution in [1.29, 1.82) is 0 Å². The number of hydrogen-bond acceptors (Lipinski definition) is 2. The molecule has 0 unspecified atom stereocenters. The molecule has 1 aliphatic carbocycles. The van der Waals surface area contributed by atoms with Crippen molar-refractivity contribution in [3.05, 3.63) is 76.4 Å². The first-order valence-corrected chi connectivity index (χ1v) is 10.0. The lowest BCUT2D eigenvalue weighted by Gasteiger charge is -2.22. The molecule has 138 valence electrons. The molecule has 27 heavy (non-hydrogen) atoms. The van der Waals surface area contributed by atoms with E-state index in [1.165, 1.54) is 19.3 Å². The van der Waals surface area contributed by atoms with Crippen molar-refractivity contribution in [3.8, 4) is 0 Å². The molecule has 3 nitrogen and oxygen atoms in total. The lowest BCUT2D eigenvalue weighted by molar-refractivity contribution is 0.0923. The summed E-state index contributed by atoms with van der Waals surface area (Å²) in [6.45, 7) is 0. The molecule has 4 heteroatoms. The largest absolute Gasteiger partial charge is 0.348 e. The average molecular weight is 379 g/mol. The third-order valence-corrected chi connectivity index (χ3v) is 5.53. The van der Waals surface area contributed by atoms with Crippen molar-refractivity contribution < 1.29 is 4.79 Å². The zero-order valence-corrected chi connectivity index (χ0v) is 16.0. The van der Waals surface area contributed by atoms with Gasteiger partial charge in [0.1, 0.15) is 5.69 Å². The fraction of sp³-hybridized carbons (Fsp3) is 0.304. The number of nitrogens with zero attached hydrogens (tertiary/aromatic N) is 1. The minimum atomic E-state index is -0.0648. The summed E-state index contributed by atoms with van der Waals surface area (Å²) in [6, 6.07) is 18.1. The van der Waals surface area contributed by atoms with Gasteiger partial charge in [-0.2, -0.15) is 0 Å². The molecule has 0 bridgehead atoms. The summed E-state index contributed by atoms with van der Waals surface area (Å²) in [5.74, 6) is -0.0648. The Morgan fingerprint density at radius 2 is 1.78 bits per heavy atom. The van der Waals surface area contributed by atoms with Crippen LogP contribution < -0.4 is 5.32 Å². The predicted octanol–water partition coefficient (Wildman–Crippen LogP) is 5.54. The van der Waals surface area contributed by atoms with Crippen LogP contribution in [0.25, 0.3) is 10.9 Å². The van der Waals surface area contributed by atoms with Crippen LogP contribution in [0.15, 0.2) is 54.6 Å². The zero-order chi connectivity index (χ0) is 18.6.